The molecule has 0 spiro atoms. The number of hydrogen-bond acceptors (Lipinski definition) is 4. The zero-order valence-electron chi connectivity index (χ0n) is 13.8. The monoisotopic (exact) mass is 404 g/mol. The van der Waals surface area contributed by atoms with Gasteiger partial charge in [0.05, 0.1) is 22.9 Å². The lowest BCUT2D eigenvalue weighted by atomic mass is 10.3. The summed E-state index contributed by atoms with van der Waals surface area (Å²) in [4.78, 5) is 18.0. The van der Waals surface area contributed by atoms with E-state index in [1.807, 2.05) is 19.1 Å². The van der Waals surface area contributed by atoms with E-state index in [0.717, 1.165) is 42.6 Å². The Morgan fingerprint density at radius 2 is 2.15 bits per heavy atom. The predicted octanol–water partition coefficient (Wildman–Crippen LogP) is 4.94. The molecule has 2 heterocycles. The second kappa shape index (κ2) is 7.52. The van der Waals surface area contributed by atoms with Crippen molar-refractivity contribution in [1.29, 1.82) is 0 Å². The third-order valence-corrected chi connectivity index (χ3v) is 5.29. The minimum absolute atomic E-state index is 0.0499. The first-order chi connectivity index (χ1) is 12.2. The summed E-state index contributed by atoms with van der Waals surface area (Å²) in [6.07, 6.45) is -1.90. The molecule has 1 aliphatic rings. The molecular formula is C17H16ClF3N2O2S. The molecule has 3 rings (SSSR count). The molecule has 0 radical (unpaired) electrons. The van der Waals surface area contributed by atoms with E-state index in [1.54, 1.807) is 4.90 Å². The van der Waals surface area contributed by atoms with Gasteiger partial charge in [-0.1, -0.05) is 23.4 Å². The Balaban J connectivity index is 1.63. The van der Waals surface area contributed by atoms with Gasteiger partial charge in [0.1, 0.15) is 16.5 Å². The molecule has 1 saturated carbocycles. The molecule has 140 valence electrons. The second-order valence-electron chi connectivity index (χ2n) is 6.06. The minimum Gasteiger partial charge on any atom is -0.464 e. The number of halogens is 4. The van der Waals surface area contributed by atoms with Crippen LogP contribution < -0.4 is 0 Å². The van der Waals surface area contributed by atoms with Crippen LogP contribution in [-0.2, 0) is 17.5 Å². The fraction of sp³-hybridized carbons (Fsp3) is 0.412. The lowest BCUT2D eigenvalue weighted by Gasteiger charge is -2.21. The summed E-state index contributed by atoms with van der Waals surface area (Å²) < 4.78 is 43.5. The van der Waals surface area contributed by atoms with Crippen LogP contribution in [0.15, 0.2) is 33.8 Å². The van der Waals surface area contributed by atoms with Crippen LogP contribution in [0, 0.1) is 6.92 Å². The Bertz CT molecular complexity index is 806. The van der Waals surface area contributed by atoms with Gasteiger partial charge >= 0.3 is 6.18 Å². The Morgan fingerprint density at radius 3 is 2.69 bits per heavy atom. The topological polar surface area (TPSA) is 46.3 Å². The quantitative estimate of drug-likeness (QED) is 0.640. The Morgan fingerprint density at radius 1 is 1.42 bits per heavy atom. The highest BCUT2D eigenvalue weighted by Crippen LogP contribution is 2.34. The fourth-order valence-corrected chi connectivity index (χ4v) is 3.52. The van der Waals surface area contributed by atoms with Gasteiger partial charge in [-0.3, -0.25) is 4.79 Å². The van der Waals surface area contributed by atoms with Crippen LogP contribution in [0.25, 0.3) is 0 Å². The van der Waals surface area contributed by atoms with E-state index < -0.39 is 11.7 Å². The maximum absolute atomic E-state index is 12.6. The number of carbonyl (C=O) groups is 1. The summed E-state index contributed by atoms with van der Waals surface area (Å²) >= 11 is 6.91. The Labute approximate surface area is 157 Å². The molecule has 1 aliphatic carbocycles. The summed E-state index contributed by atoms with van der Waals surface area (Å²) in [5.41, 5.74) is -0.911. The molecule has 26 heavy (non-hydrogen) atoms. The molecule has 9 heteroatoms. The lowest BCUT2D eigenvalue weighted by Crippen LogP contribution is -2.33. The standard InChI is InChI=1S/C17H16ClF3N2O2S/c1-10-2-5-13(25-10)8-23(12-3-4-12)15(24)9-26-16-14(18)6-11(7-22-16)17(19,20)21/h2,5-7,12H,3-4,8-9H2,1H3. The molecular weight excluding hydrogens is 389 g/mol. The lowest BCUT2D eigenvalue weighted by molar-refractivity contribution is -0.138. The molecule has 2 aromatic heterocycles. The van der Waals surface area contributed by atoms with Crippen LogP contribution in [0.4, 0.5) is 13.2 Å². The van der Waals surface area contributed by atoms with E-state index in [9.17, 15) is 18.0 Å². The third-order valence-electron chi connectivity index (χ3n) is 3.90. The van der Waals surface area contributed by atoms with Gasteiger partial charge < -0.3 is 9.32 Å². The van der Waals surface area contributed by atoms with Crippen molar-refractivity contribution in [2.45, 2.75) is 43.6 Å². The molecule has 0 unspecified atom stereocenters. The largest absolute Gasteiger partial charge is 0.464 e. The zero-order chi connectivity index (χ0) is 18.9. The first-order valence-corrected chi connectivity index (χ1v) is 9.30. The first-order valence-electron chi connectivity index (χ1n) is 7.94. The van der Waals surface area contributed by atoms with E-state index in [0.29, 0.717) is 12.3 Å². The minimum atomic E-state index is -4.50. The van der Waals surface area contributed by atoms with Crippen molar-refractivity contribution in [3.8, 4) is 0 Å². The number of furan rings is 1. The molecule has 0 bridgehead atoms. The van der Waals surface area contributed by atoms with Crippen LogP contribution >= 0.6 is 23.4 Å². The molecule has 0 saturated heterocycles. The number of rotatable bonds is 6. The van der Waals surface area contributed by atoms with Gasteiger partial charge in [-0.15, -0.1) is 0 Å². The molecule has 0 aliphatic heterocycles. The average molecular weight is 405 g/mol. The van der Waals surface area contributed by atoms with E-state index in [2.05, 4.69) is 4.98 Å². The van der Waals surface area contributed by atoms with Crippen molar-refractivity contribution < 1.29 is 22.4 Å². The average Bonchev–Trinajstić information content (AvgIpc) is 3.32. The summed E-state index contributed by atoms with van der Waals surface area (Å²) in [5, 5.41) is 0.0925. The van der Waals surface area contributed by atoms with E-state index >= 15 is 0 Å². The number of aromatic nitrogens is 1. The van der Waals surface area contributed by atoms with E-state index in [4.69, 9.17) is 16.0 Å². The first kappa shape index (κ1) is 19.1. The second-order valence-corrected chi connectivity index (χ2v) is 7.43. The van der Waals surface area contributed by atoms with Crippen molar-refractivity contribution in [2.75, 3.05) is 5.75 Å². The summed E-state index contributed by atoms with van der Waals surface area (Å²) in [5.74, 6) is 1.41. The van der Waals surface area contributed by atoms with Crippen LogP contribution in [0.2, 0.25) is 5.02 Å². The van der Waals surface area contributed by atoms with Crippen molar-refractivity contribution in [3.05, 3.63) is 46.5 Å². The highest BCUT2D eigenvalue weighted by Gasteiger charge is 2.34. The molecule has 2 aromatic rings. The van der Waals surface area contributed by atoms with Crippen molar-refractivity contribution in [1.82, 2.24) is 9.88 Å². The Hall–Kier alpha value is -1.67. The molecule has 0 aromatic carbocycles. The van der Waals surface area contributed by atoms with Crippen molar-refractivity contribution >= 4 is 29.3 Å². The summed E-state index contributed by atoms with van der Waals surface area (Å²) in [6.45, 7) is 2.22. The maximum atomic E-state index is 12.6. The molecule has 0 N–H and O–H groups in total. The molecule has 1 fully saturated rings. The van der Waals surface area contributed by atoms with E-state index in [-0.39, 0.29) is 27.8 Å². The van der Waals surface area contributed by atoms with Crippen molar-refractivity contribution in [3.63, 3.8) is 0 Å². The molecule has 1 amide bonds. The summed E-state index contributed by atoms with van der Waals surface area (Å²) in [7, 11) is 0. The van der Waals surface area contributed by atoms with Gasteiger partial charge in [0, 0.05) is 12.2 Å². The fourth-order valence-electron chi connectivity index (χ4n) is 2.44. The smallest absolute Gasteiger partial charge is 0.417 e. The van der Waals surface area contributed by atoms with Crippen LogP contribution in [0.5, 0.6) is 0 Å². The predicted molar refractivity (Wildman–Crippen MR) is 92.0 cm³/mol. The number of thioether (sulfide) groups is 1. The summed E-state index contributed by atoms with van der Waals surface area (Å²) in [6, 6.07) is 4.68. The van der Waals surface area contributed by atoms with Gasteiger partial charge in [0.2, 0.25) is 5.91 Å². The molecule has 4 nitrogen and oxygen atoms in total. The number of alkyl halides is 3. The van der Waals surface area contributed by atoms with Crippen molar-refractivity contribution in [2.24, 2.45) is 0 Å². The highest BCUT2D eigenvalue weighted by atomic mass is 35.5. The number of hydrogen-bond donors (Lipinski definition) is 0. The van der Waals surface area contributed by atoms with Gasteiger partial charge in [-0.05, 0) is 38.0 Å². The normalized spacial score (nSPS) is 14.5. The SMILES string of the molecule is Cc1ccc(CN(C(=O)CSc2ncc(C(F)(F)F)cc2Cl)C2CC2)o1. The van der Waals surface area contributed by atoms with Crippen LogP contribution in [0.3, 0.4) is 0 Å². The molecule has 0 atom stereocenters. The van der Waals surface area contributed by atoms with Gasteiger partial charge in [0.25, 0.3) is 0 Å². The third kappa shape index (κ3) is 4.73. The highest BCUT2D eigenvalue weighted by molar-refractivity contribution is 8.00. The van der Waals surface area contributed by atoms with Gasteiger partial charge in [0.15, 0.2) is 0 Å². The van der Waals surface area contributed by atoms with Crippen LogP contribution in [-0.4, -0.2) is 27.6 Å². The zero-order valence-corrected chi connectivity index (χ0v) is 15.4. The number of aryl methyl sites for hydroxylation is 1. The maximum Gasteiger partial charge on any atom is 0.417 e. The van der Waals surface area contributed by atoms with Gasteiger partial charge in [-0.2, -0.15) is 13.2 Å². The van der Waals surface area contributed by atoms with Gasteiger partial charge in [-0.25, -0.2) is 4.98 Å². The number of amides is 1. The van der Waals surface area contributed by atoms with Crippen LogP contribution in [0.1, 0.15) is 29.9 Å². The van der Waals surface area contributed by atoms with E-state index in [1.165, 1.54) is 0 Å². The Kier molecular flexibility index (Phi) is 5.53. The number of carbonyl (C=O) groups excluding carboxylic acids is 1. The number of pyridine rings is 1. The number of nitrogens with zero attached hydrogens (tertiary/aromatic N) is 2.